The van der Waals surface area contributed by atoms with E-state index in [0.717, 1.165) is 10.8 Å². The molecule has 1 aliphatic heterocycles. The van der Waals surface area contributed by atoms with Crippen LogP contribution < -0.4 is 15.5 Å². The molecule has 0 unspecified atom stereocenters. The van der Waals surface area contributed by atoms with E-state index in [0.29, 0.717) is 55.2 Å². The van der Waals surface area contributed by atoms with Crippen molar-refractivity contribution in [2.24, 2.45) is 0 Å². The van der Waals surface area contributed by atoms with Crippen LogP contribution >= 0.6 is 0 Å². The molecule has 2 N–H and O–H groups in total. The zero-order valence-corrected chi connectivity index (χ0v) is 19.3. The summed E-state index contributed by atoms with van der Waals surface area (Å²) >= 11 is 0. The molecule has 0 bridgehead atoms. The maximum absolute atomic E-state index is 13.3. The maximum Gasteiger partial charge on any atom is 0.337 e. The third-order valence-electron chi connectivity index (χ3n) is 5.93. The van der Waals surface area contributed by atoms with Gasteiger partial charge in [0.1, 0.15) is 0 Å². The van der Waals surface area contributed by atoms with Crippen LogP contribution in [0, 0.1) is 0 Å². The van der Waals surface area contributed by atoms with Gasteiger partial charge in [0, 0.05) is 38.3 Å². The van der Waals surface area contributed by atoms with Gasteiger partial charge in [-0.05, 0) is 42.0 Å². The van der Waals surface area contributed by atoms with Crippen LogP contribution in [-0.2, 0) is 4.74 Å². The molecule has 0 saturated carbocycles. The number of rotatable bonds is 5. The van der Waals surface area contributed by atoms with Crippen molar-refractivity contribution in [1.82, 2.24) is 10.2 Å². The Kier molecular flexibility index (Phi) is 6.96. The van der Waals surface area contributed by atoms with E-state index in [1.165, 1.54) is 7.11 Å². The summed E-state index contributed by atoms with van der Waals surface area (Å²) in [5.74, 6) is -0.448. The molecular formula is C26H28N4O4. The van der Waals surface area contributed by atoms with Gasteiger partial charge in [0.15, 0.2) is 0 Å². The van der Waals surface area contributed by atoms with Crippen molar-refractivity contribution >= 4 is 40.1 Å². The zero-order valence-electron chi connectivity index (χ0n) is 19.3. The van der Waals surface area contributed by atoms with Crippen LogP contribution in [0.25, 0.3) is 10.8 Å². The zero-order chi connectivity index (χ0) is 24.1. The summed E-state index contributed by atoms with van der Waals surface area (Å²) in [5.41, 5.74) is 2.39. The van der Waals surface area contributed by atoms with Crippen molar-refractivity contribution in [3.05, 3.63) is 71.8 Å². The van der Waals surface area contributed by atoms with E-state index in [4.69, 9.17) is 4.74 Å². The van der Waals surface area contributed by atoms with Crippen molar-refractivity contribution in [2.45, 2.75) is 6.92 Å². The molecule has 8 nitrogen and oxygen atoms in total. The molecule has 1 fully saturated rings. The number of esters is 1. The number of nitrogens with zero attached hydrogens (tertiary/aromatic N) is 2. The van der Waals surface area contributed by atoms with Crippen LogP contribution in [0.2, 0.25) is 0 Å². The van der Waals surface area contributed by atoms with Gasteiger partial charge in [-0.25, -0.2) is 9.59 Å². The van der Waals surface area contributed by atoms with Crippen LogP contribution in [0.4, 0.5) is 16.2 Å². The van der Waals surface area contributed by atoms with Crippen molar-refractivity contribution in [2.75, 3.05) is 50.1 Å². The van der Waals surface area contributed by atoms with Crippen LogP contribution in [0.15, 0.2) is 60.7 Å². The van der Waals surface area contributed by atoms with E-state index in [9.17, 15) is 14.4 Å². The second kappa shape index (κ2) is 10.2. The third kappa shape index (κ3) is 4.80. The fraction of sp³-hybridized carbons (Fsp3) is 0.269. The molecule has 0 radical (unpaired) electrons. The Hall–Kier alpha value is -4.07. The molecule has 0 aliphatic carbocycles. The molecule has 3 aromatic carbocycles. The SMILES string of the molecule is CCNC(=O)Nc1ccc(C(=O)OC)cc1N1CCN(C(=O)c2cccc3ccccc23)CC1. The van der Waals surface area contributed by atoms with Crippen molar-refractivity contribution in [3.63, 3.8) is 0 Å². The van der Waals surface area contributed by atoms with Gasteiger partial charge in [0.05, 0.1) is 24.0 Å². The molecule has 4 rings (SSSR count). The lowest BCUT2D eigenvalue weighted by molar-refractivity contribution is 0.0600. The van der Waals surface area contributed by atoms with E-state index in [1.807, 2.05) is 54.3 Å². The van der Waals surface area contributed by atoms with Crippen molar-refractivity contribution < 1.29 is 19.1 Å². The monoisotopic (exact) mass is 460 g/mol. The van der Waals surface area contributed by atoms with Gasteiger partial charge in [-0.1, -0.05) is 36.4 Å². The first kappa shape index (κ1) is 23.1. The normalized spacial score (nSPS) is 13.5. The Labute approximate surface area is 198 Å². The predicted molar refractivity (Wildman–Crippen MR) is 133 cm³/mol. The molecule has 1 heterocycles. The van der Waals surface area contributed by atoms with E-state index in [-0.39, 0.29) is 11.9 Å². The molecule has 1 saturated heterocycles. The average Bonchev–Trinajstić information content (AvgIpc) is 2.88. The summed E-state index contributed by atoms with van der Waals surface area (Å²) in [4.78, 5) is 41.5. The van der Waals surface area contributed by atoms with Gasteiger partial charge >= 0.3 is 12.0 Å². The molecule has 0 atom stereocenters. The lowest BCUT2D eigenvalue weighted by atomic mass is 10.0. The first-order chi connectivity index (χ1) is 16.5. The van der Waals surface area contributed by atoms with Gasteiger partial charge in [-0.15, -0.1) is 0 Å². The van der Waals surface area contributed by atoms with Gasteiger partial charge in [0.2, 0.25) is 0 Å². The number of anilines is 2. The van der Waals surface area contributed by atoms with Gasteiger partial charge in [-0.3, -0.25) is 4.79 Å². The van der Waals surface area contributed by atoms with Crippen LogP contribution in [0.3, 0.4) is 0 Å². The topological polar surface area (TPSA) is 91.0 Å². The number of fused-ring (bicyclic) bond motifs is 1. The summed E-state index contributed by atoms with van der Waals surface area (Å²) in [5, 5.41) is 7.54. The second-order valence-electron chi connectivity index (χ2n) is 8.01. The number of hydrogen-bond acceptors (Lipinski definition) is 5. The Morgan fingerprint density at radius 1 is 0.941 bits per heavy atom. The van der Waals surface area contributed by atoms with E-state index in [1.54, 1.807) is 18.2 Å². The fourth-order valence-electron chi connectivity index (χ4n) is 4.20. The highest BCUT2D eigenvalue weighted by Crippen LogP contribution is 2.29. The smallest absolute Gasteiger partial charge is 0.337 e. The summed E-state index contributed by atoms with van der Waals surface area (Å²) < 4.78 is 4.86. The number of benzene rings is 3. The predicted octanol–water partition coefficient (Wildman–Crippen LogP) is 3.73. The number of methoxy groups -OCH3 is 1. The maximum atomic E-state index is 13.3. The van der Waals surface area contributed by atoms with E-state index >= 15 is 0 Å². The molecule has 3 amide bonds. The number of amides is 3. The number of ether oxygens (including phenoxy) is 1. The molecule has 34 heavy (non-hydrogen) atoms. The number of piperazine rings is 1. The largest absolute Gasteiger partial charge is 0.465 e. The van der Waals surface area contributed by atoms with E-state index < -0.39 is 5.97 Å². The fourth-order valence-corrected chi connectivity index (χ4v) is 4.20. The molecule has 0 aromatic heterocycles. The minimum atomic E-state index is -0.449. The standard InChI is InChI=1S/C26H28N4O4/c1-3-27-26(33)28-22-12-11-19(25(32)34-2)17-23(22)29-13-15-30(16-14-29)24(31)21-10-6-8-18-7-4-5-9-20(18)21/h4-12,17H,3,13-16H2,1-2H3,(H2,27,28,33). The average molecular weight is 461 g/mol. The molecule has 0 spiro atoms. The molecular weight excluding hydrogens is 432 g/mol. The Morgan fingerprint density at radius 2 is 1.68 bits per heavy atom. The number of carbonyl (C=O) groups excluding carboxylic acids is 3. The van der Waals surface area contributed by atoms with Crippen LogP contribution in [0.1, 0.15) is 27.6 Å². The van der Waals surface area contributed by atoms with Gasteiger partial charge in [0.25, 0.3) is 5.91 Å². The van der Waals surface area contributed by atoms with Crippen LogP contribution in [-0.4, -0.2) is 62.6 Å². The Balaban J connectivity index is 1.54. The Morgan fingerprint density at radius 3 is 2.41 bits per heavy atom. The van der Waals surface area contributed by atoms with Gasteiger partial charge < -0.3 is 25.2 Å². The van der Waals surface area contributed by atoms with Crippen molar-refractivity contribution in [1.29, 1.82) is 0 Å². The highest BCUT2D eigenvalue weighted by molar-refractivity contribution is 6.07. The lowest BCUT2D eigenvalue weighted by Crippen LogP contribution is -2.49. The minimum absolute atomic E-state index is 0.000401. The number of urea groups is 1. The highest BCUT2D eigenvalue weighted by Gasteiger charge is 2.25. The first-order valence-electron chi connectivity index (χ1n) is 11.3. The minimum Gasteiger partial charge on any atom is -0.465 e. The Bertz CT molecular complexity index is 1210. The summed E-state index contributed by atoms with van der Waals surface area (Å²) in [6.07, 6.45) is 0. The number of nitrogens with one attached hydrogen (secondary N) is 2. The molecule has 176 valence electrons. The van der Waals surface area contributed by atoms with Gasteiger partial charge in [-0.2, -0.15) is 0 Å². The summed E-state index contributed by atoms with van der Waals surface area (Å²) in [6.45, 7) is 4.50. The van der Waals surface area contributed by atoms with E-state index in [2.05, 4.69) is 15.5 Å². The number of hydrogen-bond donors (Lipinski definition) is 2. The second-order valence-corrected chi connectivity index (χ2v) is 8.01. The van der Waals surface area contributed by atoms with Crippen molar-refractivity contribution in [3.8, 4) is 0 Å². The molecule has 3 aromatic rings. The lowest BCUT2D eigenvalue weighted by Gasteiger charge is -2.37. The highest BCUT2D eigenvalue weighted by atomic mass is 16.5. The quantitative estimate of drug-likeness (QED) is 0.566. The first-order valence-corrected chi connectivity index (χ1v) is 11.3. The van der Waals surface area contributed by atoms with Crippen LogP contribution in [0.5, 0.6) is 0 Å². The summed E-state index contributed by atoms with van der Waals surface area (Å²) in [6, 6.07) is 18.4. The number of carbonyl (C=O) groups is 3. The molecule has 8 heteroatoms. The molecule has 1 aliphatic rings. The third-order valence-corrected chi connectivity index (χ3v) is 5.93. The summed E-state index contributed by atoms with van der Waals surface area (Å²) in [7, 11) is 1.33.